The van der Waals surface area contributed by atoms with Crippen LogP contribution in [0.5, 0.6) is 0 Å². The van der Waals surface area contributed by atoms with Gasteiger partial charge >= 0.3 is 0 Å². The highest BCUT2D eigenvalue weighted by molar-refractivity contribution is 8.00. The Labute approximate surface area is 181 Å². The van der Waals surface area contributed by atoms with Gasteiger partial charge in [0.2, 0.25) is 5.91 Å². The van der Waals surface area contributed by atoms with Crippen molar-refractivity contribution in [1.29, 1.82) is 0 Å². The number of hydrogen-bond donors (Lipinski definition) is 2. The first-order chi connectivity index (χ1) is 14.5. The Morgan fingerprint density at radius 2 is 1.60 bits per heavy atom. The van der Waals surface area contributed by atoms with E-state index in [0.29, 0.717) is 10.6 Å². The van der Waals surface area contributed by atoms with Gasteiger partial charge in [0.15, 0.2) is 0 Å². The van der Waals surface area contributed by atoms with Gasteiger partial charge in [0.05, 0.1) is 11.3 Å². The molecule has 0 saturated carbocycles. The van der Waals surface area contributed by atoms with Gasteiger partial charge in [-0.15, -0.1) is 0 Å². The van der Waals surface area contributed by atoms with Crippen LogP contribution >= 0.6 is 11.8 Å². The topological polar surface area (TPSA) is 71.1 Å². The molecule has 0 atom stereocenters. The number of amides is 2. The van der Waals surface area contributed by atoms with E-state index in [1.165, 1.54) is 17.3 Å². The number of aromatic nitrogens is 1. The summed E-state index contributed by atoms with van der Waals surface area (Å²) in [7, 11) is 0. The summed E-state index contributed by atoms with van der Waals surface area (Å²) in [4.78, 5) is 29.8. The van der Waals surface area contributed by atoms with Crippen molar-refractivity contribution in [3.63, 3.8) is 0 Å². The van der Waals surface area contributed by atoms with Crippen LogP contribution in [0.1, 0.15) is 34.1 Å². The lowest BCUT2D eigenvalue weighted by Gasteiger charge is -2.13. The summed E-state index contributed by atoms with van der Waals surface area (Å²) in [5.74, 6) is -0.208. The maximum atomic E-state index is 13.0. The fourth-order valence-corrected chi connectivity index (χ4v) is 4.00. The number of para-hydroxylation sites is 1. The van der Waals surface area contributed by atoms with Crippen LogP contribution in [0.2, 0.25) is 0 Å². The second-order valence-electron chi connectivity index (χ2n) is 6.97. The molecule has 154 valence electrons. The monoisotopic (exact) mass is 419 g/mol. The Balaban J connectivity index is 1.74. The molecular weight excluding hydrogens is 394 g/mol. The zero-order valence-corrected chi connectivity index (χ0v) is 18.2. The molecule has 3 rings (SSSR count). The van der Waals surface area contributed by atoms with E-state index in [-0.39, 0.29) is 17.6 Å². The molecule has 1 heterocycles. The molecule has 0 aliphatic rings. The van der Waals surface area contributed by atoms with E-state index in [9.17, 15) is 9.59 Å². The van der Waals surface area contributed by atoms with Gasteiger partial charge in [0.1, 0.15) is 5.03 Å². The van der Waals surface area contributed by atoms with E-state index < -0.39 is 0 Å². The van der Waals surface area contributed by atoms with Crippen molar-refractivity contribution in [2.45, 2.75) is 32.2 Å². The second kappa shape index (κ2) is 10.1. The molecule has 0 bridgehead atoms. The van der Waals surface area contributed by atoms with Gasteiger partial charge in [-0.1, -0.05) is 49.0 Å². The number of carbonyl (C=O) groups excluding carboxylic acids is 2. The van der Waals surface area contributed by atoms with Crippen LogP contribution in [0.4, 0.5) is 11.4 Å². The van der Waals surface area contributed by atoms with E-state index in [1.807, 2.05) is 74.5 Å². The Morgan fingerprint density at radius 3 is 2.27 bits per heavy atom. The minimum Gasteiger partial charge on any atom is -0.325 e. The van der Waals surface area contributed by atoms with Gasteiger partial charge in [-0.3, -0.25) is 9.59 Å². The number of nitrogens with zero attached hydrogens (tertiary/aromatic N) is 1. The van der Waals surface area contributed by atoms with Gasteiger partial charge < -0.3 is 10.6 Å². The van der Waals surface area contributed by atoms with Crippen molar-refractivity contribution >= 4 is 35.0 Å². The standard InChI is InChI=1S/C24H25N3O2S/c1-4-18-10-12-20(13-11-18)27-23(29)22-16(2)14-17(3)25-24(22)30-15-21(28)26-19-8-6-5-7-9-19/h5-14H,4,15H2,1-3H3,(H,26,28)(H,27,29). The molecule has 2 aromatic carbocycles. The first-order valence-corrected chi connectivity index (χ1v) is 10.8. The van der Waals surface area contributed by atoms with Gasteiger partial charge in [-0.05, 0) is 61.7 Å². The average Bonchev–Trinajstić information content (AvgIpc) is 2.73. The van der Waals surface area contributed by atoms with Crippen molar-refractivity contribution in [2.75, 3.05) is 16.4 Å². The van der Waals surface area contributed by atoms with Crippen LogP contribution < -0.4 is 10.6 Å². The van der Waals surface area contributed by atoms with Crippen molar-refractivity contribution in [3.05, 3.63) is 83.0 Å². The Morgan fingerprint density at radius 1 is 0.933 bits per heavy atom. The fraction of sp³-hybridized carbons (Fsp3) is 0.208. The molecule has 0 aliphatic heterocycles. The predicted octanol–water partition coefficient (Wildman–Crippen LogP) is 5.24. The van der Waals surface area contributed by atoms with Gasteiger partial charge in [-0.25, -0.2) is 4.98 Å². The van der Waals surface area contributed by atoms with Crippen LogP contribution in [0.15, 0.2) is 65.7 Å². The third-order valence-corrected chi connectivity index (χ3v) is 5.53. The van der Waals surface area contributed by atoms with E-state index in [2.05, 4.69) is 22.5 Å². The summed E-state index contributed by atoms with van der Waals surface area (Å²) >= 11 is 1.26. The van der Waals surface area contributed by atoms with E-state index in [0.717, 1.165) is 29.1 Å². The highest BCUT2D eigenvalue weighted by Crippen LogP contribution is 2.26. The first-order valence-electron chi connectivity index (χ1n) is 9.82. The molecule has 2 N–H and O–H groups in total. The third-order valence-electron chi connectivity index (χ3n) is 4.56. The lowest BCUT2D eigenvalue weighted by molar-refractivity contribution is -0.113. The number of pyridine rings is 1. The normalized spacial score (nSPS) is 10.5. The van der Waals surface area contributed by atoms with Crippen molar-refractivity contribution < 1.29 is 9.59 Å². The molecule has 3 aromatic rings. The second-order valence-corrected chi connectivity index (χ2v) is 7.93. The molecule has 5 nitrogen and oxygen atoms in total. The zero-order chi connectivity index (χ0) is 21.5. The number of rotatable bonds is 7. The Kier molecular flexibility index (Phi) is 7.25. The third kappa shape index (κ3) is 5.70. The number of thioether (sulfide) groups is 1. The van der Waals surface area contributed by atoms with Gasteiger partial charge in [-0.2, -0.15) is 0 Å². The number of anilines is 2. The highest BCUT2D eigenvalue weighted by atomic mass is 32.2. The Bertz CT molecular complexity index is 1030. The largest absolute Gasteiger partial charge is 0.325 e. The maximum Gasteiger partial charge on any atom is 0.258 e. The van der Waals surface area contributed by atoms with E-state index in [1.54, 1.807) is 0 Å². The number of benzene rings is 2. The lowest BCUT2D eigenvalue weighted by Crippen LogP contribution is -2.18. The molecule has 30 heavy (non-hydrogen) atoms. The molecule has 0 spiro atoms. The van der Waals surface area contributed by atoms with Gasteiger partial charge in [0, 0.05) is 17.1 Å². The van der Waals surface area contributed by atoms with E-state index >= 15 is 0 Å². The predicted molar refractivity (Wildman–Crippen MR) is 123 cm³/mol. The van der Waals surface area contributed by atoms with E-state index in [4.69, 9.17) is 0 Å². The SMILES string of the molecule is CCc1ccc(NC(=O)c2c(C)cc(C)nc2SCC(=O)Nc2ccccc2)cc1. The van der Waals surface area contributed by atoms with Crippen molar-refractivity contribution in [1.82, 2.24) is 4.98 Å². The van der Waals surface area contributed by atoms with Crippen LogP contribution in [0, 0.1) is 13.8 Å². The summed E-state index contributed by atoms with van der Waals surface area (Å²) in [5.41, 5.74) is 4.82. The van der Waals surface area contributed by atoms with Crippen LogP contribution in [-0.4, -0.2) is 22.6 Å². The first kappa shape index (κ1) is 21.6. The van der Waals surface area contributed by atoms with Gasteiger partial charge in [0.25, 0.3) is 5.91 Å². The van der Waals surface area contributed by atoms with Crippen molar-refractivity contribution in [2.24, 2.45) is 0 Å². The zero-order valence-electron chi connectivity index (χ0n) is 17.4. The molecule has 0 fully saturated rings. The molecule has 0 radical (unpaired) electrons. The minimum atomic E-state index is -0.227. The lowest BCUT2D eigenvalue weighted by atomic mass is 10.1. The Hall–Kier alpha value is -3.12. The number of carbonyl (C=O) groups is 2. The number of hydrogen-bond acceptors (Lipinski definition) is 4. The van der Waals surface area contributed by atoms with Crippen LogP contribution in [0.3, 0.4) is 0 Å². The molecule has 1 aromatic heterocycles. The van der Waals surface area contributed by atoms with Crippen LogP contribution in [0.25, 0.3) is 0 Å². The molecule has 0 unspecified atom stereocenters. The summed E-state index contributed by atoms with van der Waals surface area (Å²) in [6.07, 6.45) is 0.945. The average molecular weight is 420 g/mol. The number of aryl methyl sites for hydroxylation is 3. The quantitative estimate of drug-likeness (QED) is 0.514. The smallest absolute Gasteiger partial charge is 0.258 e. The molecule has 0 saturated heterocycles. The maximum absolute atomic E-state index is 13.0. The summed E-state index contributed by atoms with van der Waals surface area (Å²) in [5, 5.41) is 6.35. The fourth-order valence-electron chi connectivity index (χ4n) is 3.05. The van der Waals surface area contributed by atoms with Crippen molar-refractivity contribution in [3.8, 4) is 0 Å². The molecule has 2 amide bonds. The minimum absolute atomic E-state index is 0.145. The summed E-state index contributed by atoms with van der Waals surface area (Å²) in [6.45, 7) is 5.86. The highest BCUT2D eigenvalue weighted by Gasteiger charge is 2.18. The van der Waals surface area contributed by atoms with Crippen LogP contribution in [-0.2, 0) is 11.2 Å². The number of nitrogens with one attached hydrogen (secondary N) is 2. The molecule has 0 aliphatic carbocycles. The summed E-state index contributed by atoms with van der Waals surface area (Å²) in [6, 6.07) is 19.0. The molecular formula is C24H25N3O2S. The molecule has 6 heteroatoms. The summed E-state index contributed by atoms with van der Waals surface area (Å²) < 4.78 is 0.